The summed E-state index contributed by atoms with van der Waals surface area (Å²) < 4.78 is 25.3. The lowest BCUT2D eigenvalue weighted by Crippen LogP contribution is -2.50. The Bertz CT molecular complexity index is 1540. The highest BCUT2D eigenvalue weighted by atomic mass is 16.5. The summed E-state index contributed by atoms with van der Waals surface area (Å²) in [6, 6.07) is 9.09. The van der Waals surface area contributed by atoms with Gasteiger partial charge in [-0.15, -0.1) is 5.10 Å². The quantitative estimate of drug-likeness (QED) is 0.140. The molecule has 256 valence electrons. The third-order valence-electron chi connectivity index (χ3n) is 9.58. The number of piperidine rings is 1. The highest BCUT2D eigenvalue weighted by molar-refractivity contribution is 5.67. The van der Waals surface area contributed by atoms with Crippen LogP contribution in [-0.2, 0) is 9.47 Å². The van der Waals surface area contributed by atoms with E-state index in [1.165, 1.54) is 25.7 Å². The first-order chi connectivity index (χ1) is 23.5. The van der Waals surface area contributed by atoms with Crippen LogP contribution in [0.1, 0.15) is 63.5 Å². The van der Waals surface area contributed by atoms with Crippen LogP contribution in [0, 0.1) is 17.2 Å². The molecule has 2 aromatic heterocycles. The minimum atomic E-state index is -0.249. The van der Waals surface area contributed by atoms with Crippen LogP contribution in [-0.4, -0.2) is 95.8 Å². The van der Waals surface area contributed by atoms with E-state index in [9.17, 15) is 5.26 Å². The Hall–Kier alpha value is -4.25. The summed E-state index contributed by atoms with van der Waals surface area (Å²) in [5.41, 5.74) is 8.15. The van der Waals surface area contributed by atoms with Crippen molar-refractivity contribution < 1.29 is 18.9 Å². The lowest BCUT2D eigenvalue weighted by molar-refractivity contribution is 0.0459. The van der Waals surface area contributed by atoms with E-state index in [-0.39, 0.29) is 6.10 Å². The third-order valence-corrected chi connectivity index (χ3v) is 9.58. The Morgan fingerprint density at radius 2 is 1.88 bits per heavy atom. The summed E-state index contributed by atoms with van der Waals surface area (Å²) in [4.78, 5) is 16.0. The first-order valence-electron chi connectivity index (χ1n) is 17.1. The zero-order valence-corrected chi connectivity index (χ0v) is 28.0. The molecule has 13 nitrogen and oxygen atoms in total. The number of nitrogens with two attached hydrogens (primary N) is 1. The van der Waals surface area contributed by atoms with E-state index >= 15 is 0 Å². The van der Waals surface area contributed by atoms with Crippen molar-refractivity contribution in [3.8, 4) is 28.8 Å². The van der Waals surface area contributed by atoms with E-state index in [0.717, 1.165) is 62.1 Å². The van der Waals surface area contributed by atoms with Crippen LogP contribution in [0.2, 0.25) is 0 Å². The van der Waals surface area contributed by atoms with Gasteiger partial charge in [-0.05, 0) is 69.1 Å². The second-order valence-corrected chi connectivity index (χ2v) is 13.0. The van der Waals surface area contributed by atoms with E-state index in [4.69, 9.17) is 29.8 Å². The molecule has 48 heavy (non-hydrogen) atoms. The van der Waals surface area contributed by atoms with Crippen molar-refractivity contribution in [1.82, 2.24) is 24.6 Å². The van der Waals surface area contributed by atoms with Crippen molar-refractivity contribution in [2.24, 2.45) is 16.6 Å². The number of hydrogen-bond donors (Lipinski definition) is 2. The molecular formula is C35H47N9O4. The number of aromatic nitrogens is 4. The smallest absolute Gasteiger partial charge is 0.256 e. The number of fused-ring (bicyclic) bond motifs is 4. The van der Waals surface area contributed by atoms with Crippen molar-refractivity contribution in [2.75, 3.05) is 51.9 Å². The van der Waals surface area contributed by atoms with E-state index in [1.54, 1.807) is 25.6 Å². The second kappa shape index (κ2) is 16.2. The number of rotatable bonds is 14. The molecule has 1 aromatic carbocycles. The Balaban J connectivity index is 1.13. The number of nitrogens with zero attached hydrogens (tertiary/aromatic N) is 7. The maximum atomic E-state index is 9.59. The Kier molecular flexibility index (Phi) is 11.4. The van der Waals surface area contributed by atoms with Crippen LogP contribution in [0.25, 0.3) is 11.1 Å². The molecule has 3 atom stereocenters. The molecule has 2 bridgehead atoms. The van der Waals surface area contributed by atoms with Gasteiger partial charge in [0.05, 0.1) is 50.5 Å². The number of nitriles is 1. The van der Waals surface area contributed by atoms with Crippen LogP contribution < -0.4 is 20.5 Å². The molecule has 1 unspecified atom stereocenters. The number of ether oxygens (including phenoxy) is 4. The predicted octanol–water partition coefficient (Wildman–Crippen LogP) is 4.72. The third kappa shape index (κ3) is 8.24. The molecule has 1 saturated carbocycles. The van der Waals surface area contributed by atoms with Gasteiger partial charge in [0.2, 0.25) is 5.95 Å². The van der Waals surface area contributed by atoms with Crippen LogP contribution in [0.3, 0.4) is 0 Å². The van der Waals surface area contributed by atoms with Crippen LogP contribution in [0.4, 0.5) is 11.6 Å². The zero-order chi connectivity index (χ0) is 33.3. The van der Waals surface area contributed by atoms with E-state index in [0.29, 0.717) is 66.9 Å². The second-order valence-electron chi connectivity index (χ2n) is 13.0. The molecule has 7 rings (SSSR count). The highest BCUT2D eigenvalue weighted by Gasteiger charge is 2.37. The summed E-state index contributed by atoms with van der Waals surface area (Å²) in [5.74, 6) is 2.12. The van der Waals surface area contributed by atoms with Crippen LogP contribution >= 0.6 is 0 Å². The number of anilines is 2. The van der Waals surface area contributed by atoms with Crippen molar-refractivity contribution in [3.63, 3.8) is 0 Å². The average Bonchev–Trinajstić information content (AvgIpc) is 3.25. The summed E-state index contributed by atoms with van der Waals surface area (Å²) in [6.45, 7) is 6.35. The van der Waals surface area contributed by atoms with Gasteiger partial charge < -0.3 is 30.0 Å². The number of aliphatic imine (C=N–C) groups is 1. The van der Waals surface area contributed by atoms with Gasteiger partial charge in [0.15, 0.2) is 0 Å². The number of methoxy groups -OCH3 is 1. The van der Waals surface area contributed by atoms with Crippen molar-refractivity contribution in [3.05, 3.63) is 42.4 Å². The van der Waals surface area contributed by atoms with Gasteiger partial charge in [-0.3, -0.25) is 14.6 Å². The molecule has 3 saturated heterocycles. The molecule has 1 aliphatic carbocycles. The van der Waals surface area contributed by atoms with Gasteiger partial charge in [0, 0.05) is 56.7 Å². The standard InChI is InChI=1S/C35H47N9O4/c1-24(16-38-23-37)48-33-14-26(5-6-27(33)15-36)28-17-39-35(40-18-28)41-32-20-44(42-34(32)47-13-3-12-45-2)30-10-8-29(9-11-30)43-19-25-4-7-31(43)22-46-21-25/h5-6,14,17-18,20,23-25,29-31H,3-4,7-13,16,19,21-22H2,1-2H3,(H2,37,38)(H,39,40,41)/t24-,25?,29?,30?,31+/m0/s1. The van der Waals surface area contributed by atoms with Gasteiger partial charge in [-0.2, -0.15) is 5.26 Å². The molecule has 4 fully saturated rings. The Labute approximate surface area is 282 Å². The molecule has 5 heterocycles. The van der Waals surface area contributed by atoms with Crippen LogP contribution in [0.5, 0.6) is 11.6 Å². The van der Waals surface area contributed by atoms with Gasteiger partial charge in [-0.1, -0.05) is 6.07 Å². The van der Waals surface area contributed by atoms with E-state index < -0.39 is 0 Å². The summed E-state index contributed by atoms with van der Waals surface area (Å²) in [7, 11) is 1.69. The minimum absolute atomic E-state index is 0.249. The Morgan fingerprint density at radius 1 is 1.08 bits per heavy atom. The van der Waals surface area contributed by atoms with Gasteiger partial charge in [0.25, 0.3) is 5.88 Å². The molecule has 3 aliphatic heterocycles. The van der Waals surface area contributed by atoms with Gasteiger partial charge in [0.1, 0.15) is 23.6 Å². The predicted molar refractivity (Wildman–Crippen MR) is 183 cm³/mol. The first kappa shape index (κ1) is 33.6. The average molecular weight is 658 g/mol. The fourth-order valence-corrected chi connectivity index (χ4v) is 7.06. The van der Waals surface area contributed by atoms with Crippen LogP contribution in [0.15, 0.2) is 41.8 Å². The van der Waals surface area contributed by atoms with Gasteiger partial charge >= 0.3 is 0 Å². The normalized spacial score (nSPS) is 23.4. The van der Waals surface area contributed by atoms with E-state index in [2.05, 4.69) is 35.9 Å². The SMILES string of the molecule is COCCCOc1nn(C2CCC(N3CC4CC[C@@H]3COC4)CC2)cc1Nc1ncc(-c2ccc(C#N)c(O[C@@H](C)CN=CN)c2)cn1. The molecule has 4 aliphatic rings. The summed E-state index contributed by atoms with van der Waals surface area (Å²) >= 11 is 0. The lowest BCUT2D eigenvalue weighted by atomic mass is 9.86. The van der Waals surface area contributed by atoms with E-state index in [1.807, 2.05) is 25.3 Å². The first-order valence-corrected chi connectivity index (χ1v) is 17.1. The summed E-state index contributed by atoms with van der Waals surface area (Å²) in [6.07, 6.45) is 14.3. The highest BCUT2D eigenvalue weighted by Crippen LogP contribution is 2.38. The van der Waals surface area contributed by atoms with Crippen molar-refractivity contribution >= 4 is 18.0 Å². The summed E-state index contributed by atoms with van der Waals surface area (Å²) in [5, 5.41) is 17.8. The fourth-order valence-electron chi connectivity index (χ4n) is 7.06. The minimum Gasteiger partial charge on any atom is -0.487 e. The fraction of sp³-hybridized carbons (Fsp3) is 0.571. The molecule has 0 radical (unpaired) electrons. The molecule has 0 spiro atoms. The van der Waals surface area contributed by atoms with Gasteiger partial charge in [-0.25, -0.2) is 9.97 Å². The molecule has 13 heteroatoms. The molecule has 3 aromatic rings. The zero-order valence-electron chi connectivity index (χ0n) is 28.0. The lowest BCUT2D eigenvalue weighted by Gasteiger charge is -2.43. The molecule has 3 N–H and O–H groups in total. The van der Waals surface area contributed by atoms with Crippen molar-refractivity contribution in [1.29, 1.82) is 5.26 Å². The topological polar surface area (TPSA) is 158 Å². The van der Waals surface area contributed by atoms with Crippen molar-refractivity contribution in [2.45, 2.75) is 76.1 Å². The molecular weight excluding hydrogens is 610 g/mol. The number of hydrogen-bond acceptors (Lipinski definition) is 11. The number of nitrogens with one attached hydrogen (secondary N) is 1. The Morgan fingerprint density at radius 3 is 2.65 bits per heavy atom. The molecule has 0 amide bonds. The monoisotopic (exact) mass is 657 g/mol. The number of benzene rings is 1. The maximum absolute atomic E-state index is 9.59. The maximum Gasteiger partial charge on any atom is 0.256 e. The largest absolute Gasteiger partial charge is 0.487 e.